The van der Waals surface area contributed by atoms with Crippen molar-refractivity contribution in [3.8, 4) is 0 Å². The van der Waals surface area contributed by atoms with E-state index in [4.69, 9.17) is 47.4 Å². The smallest absolute Gasteiger partial charge is 0.187 e. The van der Waals surface area contributed by atoms with Crippen LogP contribution in [0.2, 0.25) is 0 Å². The summed E-state index contributed by atoms with van der Waals surface area (Å²) in [4.78, 5) is 0. The Labute approximate surface area is 425 Å². The Morgan fingerprint density at radius 3 is 1.89 bits per heavy atom. The lowest BCUT2D eigenvalue weighted by Crippen LogP contribution is -2.67. The molecule has 6 heterocycles. The van der Waals surface area contributed by atoms with Crippen LogP contribution in [0, 0.1) is 46.3 Å². The van der Waals surface area contributed by atoms with Crippen molar-refractivity contribution in [1.82, 2.24) is 0 Å². The third kappa shape index (κ3) is 9.32. The second kappa shape index (κ2) is 20.8. The SMILES string of the molecule is CC1CO[C@]2(CC1O)O[C@H]1C[C@H]3[C@@H]4CC=C5C[C@@H](O[C@@H]6O[C@H](CO)[C@@H](O)[C@@H](O[C@@H]7O[C@H](C)[C@H](O[C@@H]8O[C@H](CO)[C@@H](O)[C@@H](O)[C@H]8O)[C@@H](O)[C@H]7O)[C@H]6O[C@@H]6O[C@H](C)[C@@H](O)[C@@H](O)[C@H]6O)CC[C@]5(C)[C@H]4CC[C@]3(C)[C@H]1[C@@H]2C. The molecule has 1 spiro atoms. The first-order valence-electron chi connectivity index (χ1n) is 26.8. The number of hydrogen-bond donors (Lipinski definition) is 12. The van der Waals surface area contributed by atoms with E-state index < -0.39 is 154 Å². The zero-order valence-corrected chi connectivity index (χ0v) is 42.5. The molecule has 0 aromatic carbocycles. The van der Waals surface area contributed by atoms with Gasteiger partial charge in [0.1, 0.15) is 85.5 Å². The molecule has 0 amide bonds. The molecule has 22 nitrogen and oxygen atoms in total. The molecule has 10 rings (SSSR count). The van der Waals surface area contributed by atoms with E-state index in [1.165, 1.54) is 19.4 Å². The van der Waals surface area contributed by atoms with E-state index >= 15 is 0 Å². The average Bonchev–Trinajstić information content (AvgIpc) is 3.81. The van der Waals surface area contributed by atoms with Gasteiger partial charge in [-0.1, -0.05) is 39.3 Å². The van der Waals surface area contributed by atoms with E-state index in [0.29, 0.717) is 49.5 Å². The molecule has 4 aliphatic carbocycles. The normalized spacial score (nSPS) is 58.2. The van der Waals surface area contributed by atoms with Crippen molar-refractivity contribution in [3.63, 3.8) is 0 Å². The van der Waals surface area contributed by atoms with Crippen molar-refractivity contribution in [1.29, 1.82) is 0 Å². The fourth-order valence-electron chi connectivity index (χ4n) is 15.5. The van der Waals surface area contributed by atoms with Gasteiger partial charge in [-0.25, -0.2) is 0 Å². The molecule has 6 aliphatic heterocycles. The summed E-state index contributed by atoms with van der Waals surface area (Å²) in [5.41, 5.74) is 1.21. The lowest BCUT2D eigenvalue weighted by Gasteiger charge is -2.59. The lowest BCUT2D eigenvalue weighted by atomic mass is 9.47. The minimum atomic E-state index is -1.93. The van der Waals surface area contributed by atoms with Crippen LogP contribution in [0.5, 0.6) is 0 Å². The molecule has 10 aliphatic rings. The fraction of sp³-hybridized carbons (Fsp3) is 0.961. The van der Waals surface area contributed by atoms with Crippen molar-refractivity contribution in [2.45, 2.75) is 240 Å². The molecule has 0 aromatic heterocycles. The first-order chi connectivity index (χ1) is 34.5. The molecule has 6 saturated heterocycles. The number of hydrogen-bond acceptors (Lipinski definition) is 22. The van der Waals surface area contributed by atoms with Crippen LogP contribution in [0.15, 0.2) is 11.6 Å². The third-order valence-corrected chi connectivity index (χ3v) is 19.9. The molecule has 9 fully saturated rings. The molecule has 418 valence electrons. The number of allylic oxidation sites excluding steroid dienone is 1. The summed E-state index contributed by atoms with van der Waals surface area (Å²) in [6, 6.07) is 0. The Hall–Kier alpha value is -1.14. The third-order valence-electron chi connectivity index (χ3n) is 19.9. The van der Waals surface area contributed by atoms with Crippen LogP contribution < -0.4 is 0 Å². The minimum Gasteiger partial charge on any atom is -0.394 e. The highest BCUT2D eigenvalue weighted by atomic mass is 16.8. The van der Waals surface area contributed by atoms with Gasteiger partial charge in [-0.2, -0.15) is 0 Å². The lowest BCUT2D eigenvalue weighted by molar-refractivity contribution is -0.398. The predicted octanol–water partition coefficient (Wildman–Crippen LogP) is -1.96. The quantitative estimate of drug-likeness (QED) is 0.106. The summed E-state index contributed by atoms with van der Waals surface area (Å²) >= 11 is 0. The van der Waals surface area contributed by atoms with Crippen molar-refractivity contribution in [2.24, 2.45) is 46.3 Å². The second-order valence-electron chi connectivity index (χ2n) is 24.0. The number of aliphatic hydroxyl groups excluding tert-OH is 12. The highest BCUT2D eigenvalue weighted by molar-refractivity contribution is 5.26. The molecule has 0 aromatic rings. The molecule has 32 atom stereocenters. The predicted molar refractivity (Wildman–Crippen MR) is 247 cm³/mol. The molecule has 22 heteroatoms. The Morgan fingerprint density at radius 1 is 0.603 bits per heavy atom. The Kier molecular flexibility index (Phi) is 15.7. The van der Waals surface area contributed by atoms with Gasteiger partial charge in [0.25, 0.3) is 0 Å². The highest BCUT2D eigenvalue weighted by Gasteiger charge is 2.69. The van der Waals surface area contributed by atoms with Crippen LogP contribution in [-0.4, -0.2) is 228 Å². The van der Waals surface area contributed by atoms with Crippen LogP contribution in [-0.2, 0) is 47.4 Å². The van der Waals surface area contributed by atoms with Crippen molar-refractivity contribution in [3.05, 3.63) is 11.6 Å². The highest BCUT2D eigenvalue weighted by Crippen LogP contribution is 2.71. The van der Waals surface area contributed by atoms with E-state index in [-0.39, 0.29) is 28.8 Å². The summed E-state index contributed by atoms with van der Waals surface area (Å²) in [7, 11) is 0. The van der Waals surface area contributed by atoms with Crippen LogP contribution in [0.4, 0.5) is 0 Å². The number of rotatable bonds is 10. The molecule has 12 N–H and O–H groups in total. The van der Waals surface area contributed by atoms with Gasteiger partial charge in [0.15, 0.2) is 30.9 Å². The zero-order valence-electron chi connectivity index (χ0n) is 42.5. The van der Waals surface area contributed by atoms with E-state index in [1.807, 2.05) is 6.92 Å². The molecule has 3 saturated carbocycles. The Balaban J connectivity index is 0.860. The Bertz CT molecular complexity index is 1950. The molecule has 2 unspecified atom stereocenters. The van der Waals surface area contributed by atoms with Gasteiger partial charge in [0, 0.05) is 18.3 Å². The van der Waals surface area contributed by atoms with Crippen LogP contribution >= 0.6 is 0 Å². The van der Waals surface area contributed by atoms with Gasteiger partial charge >= 0.3 is 0 Å². The number of aliphatic hydroxyl groups is 12. The number of fused-ring (bicyclic) bond motifs is 7. The second-order valence-corrected chi connectivity index (χ2v) is 24.0. The van der Waals surface area contributed by atoms with Gasteiger partial charge in [0.05, 0.1) is 50.3 Å². The summed E-state index contributed by atoms with van der Waals surface area (Å²) in [5, 5.41) is 130. The fourth-order valence-corrected chi connectivity index (χ4v) is 15.5. The largest absolute Gasteiger partial charge is 0.394 e. The molecule has 0 bridgehead atoms. The Morgan fingerprint density at radius 2 is 1.21 bits per heavy atom. The zero-order chi connectivity index (χ0) is 52.4. The molecular weight excluding hydrogens is 965 g/mol. The van der Waals surface area contributed by atoms with Crippen molar-refractivity contribution < 1.29 is 109 Å². The molecule has 73 heavy (non-hydrogen) atoms. The maximum atomic E-state index is 11.8. The molecule has 0 radical (unpaired) electrons. The average molecular weight is 1050 g/mol. The van der Waals surface area contributed by atoms with E-state index in [9.17, 15) is 61.3 Å². The summed E-state index contributed by atoms with van der Waals surface area (Å²) in [6.45, 7) is 11.1. The van der Waals surface area contributed by atoms with Crippen LogP contribution in [0.25, 0.3) is 0 Å². The minimum absolute atomic E-state index is 0.0633. The maximum absolute atomic E-state index is 11.8. The summed E-state index contributed by atoms with van der Waals surface area (Å²) in [6.07, 6.45) is -23.8. The van der Waals surface area contributed by atoms with E-state index in [1.54, 1.807) is 0 Å². The first kappa shape index (κ1) is 55.2. The van der Waals surface area contributed by atoms with Gasteiger partial charge < -0.3 is 109 Å². The van der Waals surface area contributed by atoms with Crippen molar-refractivity contribution in [2.75, 3.05) is 19.8 Å². The van der Waals surface area contributed by atoms with Gasteiger partial charge in [-0.05, 0) is 93.3 Å². The first-order valence-corrected chi connectivity index (χ1v) is 26.8. The van der Waals surface area contributed by atoms with Crippen LogP contribution in [0.1, 0.15) is 92.9 Å². The van der Waals surface area contributed by atoms with Gasteiger partial charge in [0.2, 0.25) is 0 Å². The van der Waals surface area contributed by atoms with E-state index in [2.05, 4.69) is 26.8 Å². The topological polar surface area (TPSA) is 335 Å². The number of ether oxygens (including phenoxy) is 10. The van der Waals surface area contributed by atoms with Crippen molar-refractivity contribution >= 4 is 0 Å². The van der Waals surface area contributed by atoms with E-state index in [0.717, 1.165) is 32.1 Å². The maximum Gasteiger partial charge on any atom is 0.187 e. The molecular formula is C51H82O22. The standard InChI is InChI=1S/C51H82O22/c1-19-18-64-51(15-28(19)54)20(2)32-29(73-51)14-27-25-8-7-23-13-24(9-11-49(23,5)26(25)10-12-50(27,32)6)67-48-44(72-45-39(61)36(58)33(55)21(3)65-45)43(35(57)31(17-53)69-48)71-46-41(63)38(60)42(22(4)66-46)70-47-40(62)37(59)34(56)30(16-52)68-47/h7,19-22,24-48,52-63H,8-18H2,1-6H3/t19?,20-,21+,22+,24-,25+,26-,27-,28?,29-,30+,31+,32-,33+,34+,35+,36+,37+,38-,39+,40+,41+,42-,43+,44+,45-,46-,47-,48+,49-,50-,51+/m0/s1. The van der Waals surface area contributed by atoms with Gasteiger partial charge in [-0.3, -0.25) is 0 Å². The summed E-state index contributed by atoms with van der Waals surface area (Å²) < 4.78 is 62.2. The van der Waals surface area contributed by atoms with Crippen LogP contribution in [0.3, 0.4) is 0 Å². The summed E-state index contributed by atoms with van der Waals surface area (Å²) in [5.74, 6) is 1.14. The monoisotopic (exact) mass is 1050 g/mol. The van der Waals surface area contributed by atoms with Gasteiger partial charge in [-0.15, -0.1) is 0 Å².